The molecule has 1 aliphatic heterocycles. The lowest BCUT2D eigenvalue weighted by atomic mass is 10.1. The molecule has 1 fully saturated rings. The van der Waals surface area contributed by atoms with Crippen LogP contribution >= 0.6 is 0 Å². The summed E-state index contributed by atoms with van der Waals surface area (Å²) >= 11 is 0. The second kappa shape index (κ2) is 8.68. The molecule has 7 heteroatoms. The normalized spacial score (nSPS) is 17.3. The maximum absolute atomic E-state index is 6.07. The SMILES string of the molecule is CC(C)n1c(CN2CCO[C@@H](c3ccc(-c4ccc(N)nc4)cn3)C2)nc2ccccc21. The van der Waals surface area contributed by atoms with E-state index in [1.807, 2.05) is 24.4 Å². The third-order valence-electron chi connectivity index (χ3n) is 5.94. The fourth-order valence-electron chi connectivity index (χ4n) is 4.35. The molecule has 3 aromatic heterocycles. The fourth-order valence-corrected chi connectivity index (χ4v) is 4.35. The van der Waals surface area contributed by atoms with Gasteiger partial charge in [0.15, 0.2) is 0 Å². The Hall–Kier alpha value is -3.29. The van der Waals surface area contributed by atoms with Gasteiger partial charge in [0.2, 0.25) is 0 Å². The molecule has 0 aliphatic carbocycles. The van der Waals surface area contributed by atoms with E-state index in [1.165, 1.54) is 5.52 Å². The highest BCUT2D eigenvalue weighted by molar-refractivity contribution is 5.76. The Labute approximate surface area is 187 Å². The molecule has 1 saturated heterocycles. The van der Waals surface area contributed by atoms with Crippen molar-refractivity contribution >= 4 is 16.9 Å². The first kappa shape index (κ1) is 20.6. The van der Waals surface area contributed by atoms with E-state index >= 15 is 0 Å². The van der Waals surface area contributed by atoms with Gasteiger partial charge in [-0.2, -0.15) is 0 Å². The first-order valence-corrected chi connectivity index (χ1v) is 11.1. The Morgan fingerprint density at radius 2 is 1.81 bits per heavy atom. The standard InChI is InChI=1S/C25H28N6O/c1-17(2)31-22-6-4-3-5-20(22)29-25(31)16-30-11-12-32-23(15-30)21-9-7-18(13-27-21)19-8-10-24(26)28-14-19/h3-10,13-14,17,23H,11-12,15-16H2,1-2H3,(H2,26,28)/t23-/m1/s1. The molecule has 0 unspecified atom stereocenters. The molecule has 4 aromatic rings. The highest BCUT2D eigenvalue weighted by Gasteiger charge is 2.25. The Bertz CT molecular complexity index is 1200. The summed E-state index contributed by atoms with van der Waals surface area (Å²) in [5, 5.41) is 0. The van der Waals surface area contributed by atoms with Gasteiger partial charge in [0, 0.05) is 42.7 Å². The summed E-state index contributed by atoms with van der Waals surface area (Å²) < 4.78 is 8.41. The summed E-state index contributed by atoms with van der Waals surface area (Å²) in [4.78, 5) is 16.2. The molecule has 0 bridgehead atoms. The van der Waals surface area contributed by atoms with E-state index in [1.54, 1.807) is 12.3 Å². The number of nitrogen functional groups attached to an aromatic ring is 1. The summed E-state index contributed by atoms with van der Waals surface area (Å²) in [5.74, 6) is 1.61. The number of fused-ring (bicyclic) bond motifs is 1. The van der Waals surface area contributed by atoms with Gasteiger partial charge in [0.25, 0.3) is 0 Å². The van der Waals surface area contributed by atoms with Gasteiger partial charge < -0.3 is 15.0 Å². The Kier molecular flexibility index (Phi) is 5.59. The largest absolute Gasteiger partial charge is 0.384 e. The topological polar surface area (TPSA) is 82.1 Å². The summed E-state index contributed by atoms with van der Waals surface area (Å²) in [6.45, 7) is 7.56. The first-order valence-electron chi connectivity index (χ1n) is 11.1. The van der Waals surface area contributed by atoms with Gasteiger partial charge in [0.1, 0.15) is 17.7 Å². The third-order valence-corrected chi connectivity index (χ3v) is 5.94. The van der Waals surface area contributed by atoms with E-state index < -0.39 is 0 Å². The zero-order valence-corrected chi connectivity index (χ0v) is 18.5. The van der Waals surface area contributed by atoms with E-state index in [2.05, 4.69) is 52.6 Å². The number of pyridine rings is 2. The van der Waals surface area contributed by atoms with E-state index in [4.69, 9.17) is 20.4 Å². The molecule has 7 nitrogen and oxygen atoms in total. The summed E-state index contributed by atoms with van der Waals surface area (Å²) in [5.41, 5.74) is 10.9. The summed E-state index contributed by atoms with van der Waals surface area (Å²) in [7, 11) is 0. The number of benzene rings is 1. The highest BCUT2D eigenvalue weighted by atomic mass is 16.5. The highest BCUT2D eigenvalue weighted by Crippen LogP contribution is 2.26. The van der Waals surface area contributed by atoms with Gasteiger partial charge in [-0.3, -0.25) is 9.88 Å². The van der Waals surface area contributed by atoms with Crippen molar-refractivity contribution in [2.75, 3.05) is 25.4 Å². The molecule has 5 rings (SSSR count). The zero-order valence-electron chi connectivity index (χ0n) is 18.5. The van der Waals surface area contributed by atoms with Crippen LogP contribution in [0.2, 0.25) is 0 Å². The van der Waals surface area contributed by atoms with E-state index in [9.17, 15) is 0 Å². The quantitative estimate of drug-likeness (QED) is 0.512. The number of morpholine rings is 1. The van der Waals surface area contributed by atoms with E-state index in [-0.39, 0.29) is 6.10 Å². The number of imidazole rings is 1. The number of para-hydroxylation sites is 2. The Balaban J connectivity index is 1.32. The maximum Gasteiger partial charge on any atom is 0.124 e. The molecule has 1 aliphatic rings. The lowest BCUT2D eigenvalue weighted by molar-refractivity contribution is -0.0360. The van der Waals surface area contributed by atoms with Crippen LogP contribution in [0, 0.1) is 0 Å². The molecular weight excluding hydrogens is 400 g/mol. The minimum Gasteiger partial charge on any atom is -0.384 e. The van der Waals surface area contributed by atoms with Gasteiger partial charge in [-0.25, -0.2) is 9.97 Å². The second-order valence-electron chi connectivity index (χ2n) is 8.52. The molecule has 0 amide bonds. The van der Waals surface area contributed by atoms with E-state index in [0.717, 1.165) is 47.8 Å². The van der Waals surface area contributed by atoms with Crippen molar-refractivity contribution in [2.45, 2.75) is 32.5 Å². The van der Waals surface area contributed by atoms with Crippen LogP contribution in [0.3, 0.4) is 0 Å². The van der Waals surface area contributed by atoms with Crippen molar-refractivity contribution < 1.29 is 4.74 Å². The zero-order chi connectivity index (χ0) is 22.1. The number of nitrogens with zero attached hydrogens (tertiary/aromatic N) is 5. The molecule has 0 saturated carbocycles. The van der Waals surface area contributed by atoms with Gasteiger partial charge in [-0.1, -0.05) is 18.2 Å². The van der Waals surface area contributed by atoms with Crippen LogP contribution in [0.15, 0.2) is 60.9 Å². The van der Waals surface area contributed by atoms with Crippen LogP contribution in [0.5, 0.6) is 0 Å². The van der Waals surface area contributed by atoms with Crippen LogP contribution in [0.4, 0.5) is 5.82 Å². The van der Waals surface area contributed by atoms with Gasteiger partial charge in [0.05, 0.1) is 29.9 Å². The first-order chi connectivity index (χ1) is 15.6. The van der Waals surface area contributed by atoms with Crippen molar-refractivity contribution in [3.05, 3.63) is 72.4 Å². The molecule has 164 valence electrons. The fraction of sp³-hybridized carbons (Fsp3) is 0.320. The van der Waals surface area contributed by atoms with Crippen LogP contribution in [-0.2, 0) is 11.3 Å². The summed E-state index contributed by atoms with van der Waals surface area (Å²) in [6, 6.07) is 16.6. The predicted molar refractivity (Wildman–Crippen MR) is 126 cm³/mol. The molecule has 1 aromatic carbocycles. The Morgan fingerprint density at radius 1 is 1.03 bits per heavy atom. The van der Waals surface area contributed by atoms with Crippen LogP contribution < -0.4 is 5.73 Å². The molecule has 32 heavy (non-hydrogen) atoms. The lowest BCUT2D eigenvalue weighted by Gasteiger charge is -2.32. The number of rotatable bonds is 5. The number of aromatic nitrogens is 4. The molecular formula is C25H28N6O. The van der Waals surface area contributed by atoms with Gasteiger partial charge in [-0.15, -0.1) is 0 Å². The van der Waals surface area contributed by atoms with Crippen molar-refractivity contribution in [3.63, 3.8) is 0 Å². The minimum absolute atomic E-state index is 0.0563. The smallest absolute Gasteiger partial charge is 0.124 e. The van der Waals surface area contributed by atoms with Crippen molar-refractivity contribution in [1.29, 1.82) is 0 Å². The lowest BCUT2D eigenvalue weighted by Crippen LogP contribution is -2.38. The van der Waals surface area contributed by atoms with E-state index in [0.29, 0.717) is 18.5 Å². The Morgan fingerprint density at radius 3 is 2.53 bits per heavy atom. The van der Waals surface area contributed by atoms with Crippen LogP contribution in [0.1, 0.15) is 37.5 Å². The van der Waals surface area contributed by atoms with Crippen molar-refractivity contribution in [2.24, 2.45) is 0 Å². The molecule has 4 heterocycles. The molecule has 1 atom stereocenters. The van der Waals surface area contributed by atoms with Gasteiger partial charge in [-0.05, 0) is 44.2 Å². The predicted octanol–water partition coefficient (Wildman–Crippen LogP) is 4.23. The van der Waals surface area contributed by atoms with Gasteiger partial charge >= 0.3 is 0 Å². The van der Waals surface area contributed by atoms with Crippen molar-refractivity contribution in [1.82, 2.24) is 24.4 Å². The van der Waals surface area contributed by atoms with Crippen LogP contribution in [-0.4, -0.2) is 44.1 Å². The average molecular weight is 429 g/mol. The maximum atomic E-state index is 6.07. The monoisotopic (exact) mass is 428 g/mol. The number of anilines is 1. The number of hydrogen-bond acceptors (Lipinski definition) is 6. The second-order valence-corrected chi connectivity index (χ2v) is 8.52. The third kappa shape index (κ3) is 4.09. The number of ether oxygens (including phenoxy) is 1. The number of hydrogen-bond donors (Lipinski definition) is 1. The minimum atomic E-state index is -0.0563. The van der Waals surface area contributed by atoms with Crippen LogP contribution in [0.25, 0.3) is 22.2 Å². The molecule has 2 N–H and O–H groups in total. The molecule has 0 radical (unpaired) electrons. The number of nitrogens with two attached hydrogens (primary N) is 1. The molecule has 0 spiro atoms. The average Bonchev–Trinajstić information content (AvgIpc) is 3.18. The summed E-state index contributed by atoms with van der Waals surface area (Å²) in [6.07, 6.45) is 3.59. The van der Waals surface area contributed by atoms with Crippen molar-refractivity contribution in [3.8, 4) is 11.1 Å².